The molecule has 0 aliphatic heterocycles. The van der Waals surface area contributed by atoms with Crippen molar-refractivity contribution in [1.82, 2.24) is 9.36 Å². The minimum absolute atomic E-state index is 0.0796. The van der Waals surface area contributed by atoms with E-state index in [1.54, 1.807) is 0 Å². The standard InChI is InChI=1S/C9H15F3N4S/c1-5(2)3-6(4-13)14-8-15-7(16-17-8)9(10,11)12/h5-6H,3-4,13H2,1-2H3,(H,14,15,16). The minimum Gasteiger partial charge on any atom is -0.356 e. The van der Waals surface area contributed by atoms with E-state index >= 15 is 0 Å². The van der Waals surface area contributed by atoms with Crippen LogP contribution in [0.25, 0.3) is 0 Å². The van der Waals surface area contributed by atoms with Crippen molar-refractivity contribution in [3.05, 3.63) is 5.82 Å². The van der Waals surface area contributed by atoms with Crippen molar-refractivity contribution >= 4 is 16.7 Å². The first-order valence-corrected chi connectivity index (χ1v) is 5.97. The van der Waals surface area contributed by atoms with Crippen LogP contribution in [-0.2, 0) is 6.18 Å². The number of rotatable bonds is 5. The Hall–Kier alpha value is -0.890. The summed E-state index contributed by atoms with van der Waals surface area (Å²) in [6.07, 6.45) is -3.72. The van der Waals surface area contributed by atoms with E-state index in [4.69, 9.17) is 5.73 Å². The fraction of sp³-hybridized carbons (Fsp3) is 0.778. The number of anilines is 1. The third-order valence-corrected chi connectivity index (χ3v) is 2.69. The van der Waals surface area contributed by atoms with E-state index in [-0.39, 0.29) is 11.2 Å². The highest BCUT2D eigenvalue weighted by Gasteiger charge is 2.36. The molecular weight excluding hydrogens is 253 g/mol. The summed E-state index contributed by atoms with van der Waals surface area (Å²) in [6.45, 7) is 4.39. The monoisotopic (exact) mass is 268 g/mol. The molecule has 1 aromatic rings. The molecule has 0 saturated heterocycles. The lowest BCUT2D eigenvalue weighted by atomic mass is 10.0. The van der Waals surface area contributed by atoms with Crippen LogP contribution in [0.2, 0.25) is 0 Å². The lowest BCUT2D eigenvalue weighted by Crippen LogP contribution is -2.30. The average molecular weight is 268 g/mol. The smallest absolute Gasteiger partial charge is 0.356 e. The summed E-state index contributed by atoms with van der Waals surface area (Å²) in [5.74, 6) is -0.698. The molecule has 8 heteroatoms. The van der Waals surface area contributed by atoms with Gasteiger partial charge in [-0.3, -0.25) is 0 Å². The maximum absolute atomic E-state index is 12.3. The Labute approximate surface area is 102 Å². The second-order valence-electron chi connectivity index (χ2n) is 4.13. The summed E-state index contributed by atoms with van der Waals surface area (Å²) in [5, 5.41) is 3.03. The molecule has 1 unspecified atom stereocenters. The highest BCUT2D eigenvalue weighted by atomic mass is 32.1. The van der Waals surface area contributed by atoms with Crippen LogP contribution in [-0.4, -0.2) is 21.9 Å². The number of alkyl halides is 3. The molecule has 0 aliphatic rings. The van der Waals surface area contributed by atoms with Crippen molar-refractivity contribution in [2.24, 2.45) is 11.7 Å². The molecule has 0 aromatic carbocycles. The largest absolute Gasteiger partial charge is 0.452 e. The number of nitrogens with zero attached hydrogens (tertiary/aromatic N) is 2. The normalized spacial score (nSPS) is 14.1. The predicted molar refractivity (Wildman–Crippen MR) is 60.8 cm³/mol. The van der Waals surface area contributed by atoms with Crippen molar-refractivity contribution in [3.8, 4) is 0 Å². The Morgan fingerprint density at radius 2 is 2.06 bits per heavy atom. The van der Waals surface area contributed by atoms with Crippen LogP contribution in [0.3, 0.4) is 0 Å². The molecule has 0 fully saturated rings. The minimum atomic E-state index is -4.49. The number of nitrogens with one attached hydrogen (secondary N) is 1. The van der Waals surface area contributed by atoms with Gasteiger partial charge in [-0.2, -0.15) is 22.5 Å². The molecule has 3 N–H and O–H groups in total. The van der Waals surface area contributed by atoms with Gasteiger partial charge >= 0.3 is 6.18 Å². The van der Waals surface area contributed by atoms with E-state index in [1.807, 2.05) is 13.8 Å². The summed E-state index contributed by atoms with van der Waals surface area (Å²) >= 11 is 0.699. The first-order chi connectivity index (χ1) is 7.82. The van der Waals surface area contributed by atoms with Crippen LogP contribution >= 0.6 is 11.5 Å². The molecular formula is C9H15F3N4S. The zero-order valence-electron chi connectivity index (χ0n) is 9.58. The molecule has 17 heavy (non-hydrogen) atoms. The number of hydrogen-bond donors (Lipinski definition) is 2. The van der Waals surface area contributed by atoms with Crippen LogP contribution < -0.4 is 11.1 Å². The predicted octanol–water partition coefficient (Wildman–Crippen LogP) is 2.34. The Balaban J connectivity index is 2.65. The maximum Gasteiger partial charge on any atom is 0.452 e. The topological polar surface area (TPSA) is 63.8 Å². The van der Waals surface area contributed by atoms with Gasteiger partial charge in [0.15, 0.2) is 0 Å². The van der Waals surface area contributed by atoms with Crippen LogP contribution in [0.1, 0.15) is 26.1 Å². The van der Waals surface area contributed by atoms with E-state index in [9.17, 15) is 13.2 Å². The van der Waals surface area contributed by atoms with E-state index in [1.165, 1.54) is 0 Å². The summed E-state index contributed by atoms with van der Waals surface area (Å²) in [4.78, 5) is 3.39. The molecule has 0 saturated carbocycles. The molecule has 0 aliphatic carbocycles. The molecule has 0 bridgehead atoms. The van der Waals surface area contributed by atoms with Crippen molar-refractivity contribution in [2.45, 2.75) is 32.5 Å². The first kappa shape index (κ1) is 14.2. The van der Waals surface area contributed by atoms with Crippen LogP contribution in [0, 0.1) is 5.92 Å². The van der Waals surface area contributed by atoms with Crippen LogP contribution in [0.4, 0.5) is 18.3 Å². The number of aromatic nitrogens is 2. The molecule has 0 radical (unpaired) electrons. The zero-order chi connectivity index (χ0) is 13.1. The highest BCUT2D eigenvalue weighted by Crippen LogP contribution is 2.29. The number of nitrogens with two attached hydrogens (primary N) is 1. The third-order valence-electron chi connectivity index (χ3n) is 2.05. The van der Waals surface area contributed by atoms with Crippen molar-refractivity contribution in [3.63, 3.8) is 0 Å². The van der Waals surface area contributed by atoms with E-state index in [2.05, 4.69) is 14.7 Å². The van der Waals surface area contributed by atoms with Gasteiger partial charge in [-0.05, 0) is 12.3 Å². The van der Waals surface area contributed by atoms with Gasteiger partial charge < -0.3 is 11.1 Å². The number of halogens is 3. The third kappa shape index (κ3) is 4.47. The molecule has 1 aromatic heterocycles. The molecule has 98 valence electrons. The quantitative estimate of drug-likeness (QED) is 0.860. The Bertz CT molecular complexity index is 350. The van der Waals surface area contributed by atoms with Crippen LogP contribution in [0.5, 0.6) is 0 Å². The van der Waals surface area contributed by atoms with Crippen molar-refractivity contribution in [1.29, 1.82) is 0 Å². The van der Waals surface area contributed by atoms with Gasteiger partial charge in [-0.1, -0.05) is 13.8 Å². The Kier molecular flexibility index (Phi) is 4.70. The van der Waals surface area contributed by atoms with Gasteiger partial charge in [-0.15, -0.1) is 0 Å². The molecule has 0 spiro atoms. The van der Waals surface area contributed by atoms with Crippen LogP contribution in [0.15, 0.2) is 0 Å². The summed E-state index contributed by atoms with van der Waals surface area (Å²) in [6, 6.07) is -0.0796. The van der Waals surface area contributed by atoms with E-state index in [0.29, 0.717) is 24.0 Å². The summed E-state index contributed by atoms with van der Waals surface area (Å²) in [7, 11) is 0. The number of hydrogen-bond acceptors (Lipinski definition) is 5. The lowest BCUT2D eigenvalue weighted by molar-refractivity contribution is -0.144. The van der Waals surface area contributed by atoms with E-state index in [0.717, 1.165) is 6.42 Å². The highest BCUT2D eigenvalue weighted by molar-refractivity contribution is 7.09. The fourth-order valence-corrected chi connectivity index (χ4v) is 2.02. The summed E-state index contributed by atoms with van der Waals surface area (Å²) in [5.41, 5.74) is 5.53. The Morgan fingerprint density at radius 3 is 2.47 bits per heavy atom. The van der Waals surface area contributed by atoms with Gasteiger partial charge in [0.05, 0.1) is 0 Å². The molecule has 1 heterocycles. The van der Waals surface area contributed by atoms with E-state index < -0.39 is 12.0 Å². The molecule has 1 atom stereocenters. The Morgan fingerprint density at radius 1 is 1.41 bits per heavy atom. The maximum atomic E-state index is 12.3. The van der Waals surface area contributed by atoms with Gasteiger partial charge in [0, 0.05) is 24.1 Å². The van der Waals surface area contributed by atoms with Crippen molar-refractivity contribution in [2.75, 3.05) is 11.9 Å². The van der Waals surface area contributed by atoms with Gasteiger partial charge in [0.1, 0.15) is 0 Å². The van der Waals surface area contributed by atoms with Gasteiger partial charge in [0.25, 0.3) is 0 Å². The fourth-order valence-electron chi connectivity index (χ4n) is 1.35. The zero-order valence-corrected chi connectivity index (χ0v) is 10.4. The molecule has 4 nitrogen and oxygen atoms in total. The second-order valence-corrected chi connectivity index (χ2v) is 4.88. The van der Waals surface area contributed by atoms with Gasteiger partial charge in [0.2, 0.25) is 11.0 Å². The molecule has 1 rings (SSSR count). The average Bonchev–Trinajstić information content (AvgIpc) is 2.63. The van der Waals surface area contributed by atoms with Crippen molar-refractivity contribution < 1.29 is 13.2 Å². The molecule has 0 amide bonds. The first-order valence-electron chi connectivity index (χ1n) is 5.20. The van der Waals surface area contributed by atoms with Gasteiger partial charge in [-0.25, -0.2) is 0 Å². The second kappa shape index (κ2) is 5.63. The SMILES string of the molecule is CC(C)CC(CN)Nc1nc(C(F)(F)F)ns1. The lowest BCUT2D eigenvalue weighted by Gasteiger charge is -2.17. The summed E-state index contributed by atoms with van der Waals surface area (Å²) < 4.78 is 40.0.